The van der Waals surface area contributed by atoms with E-state index in [0.717, 1.165) is 5.69 Å². The summed E-state index contributed by atoms with van der Waals surface area (Å²) in [4.78, 5) is 21.9. The number of aromatic nitrogens is 4. The zero-order chi connectivity index (χ0) is 30.2. The molecule has 0 radical (unpaired) electrons. The van der Waals surface area contributed by atoms with Crippen LogP contribution in [-0.2, 0) is 11.8 Å². The van der Waals surface area contributed by atoms with Gasteiger partial charge in [0.15, 0.2) is 12.0 Å². The van der Waals surface area contributed by atoms with Gasteiger partial charge in [-0.15, -0.1) is 0 Å². The summed E-state index contributed by atoms with van der Waals surface area (Å²) in [6, 6.07) is 6.72. The number of amides is 1. The summed E-state index contributed by atoms with van der Waals surface area (Å²) in [7, 11) is 1.68. The molecule has 2 aromatic carbocycles. The fourth-order valence-electron chi connectivity index (χ4n) is 5.14. The lowest BCUT2D eigenvalue weighted by Crippen LogP contribution is -2.54. The van der Waals surface area contributed by atoms with E-state index in [1.165, 1.54) is 16.9 Å². The Labute approximate surface area is 237 Å². The van der Waals surface area contributed by atoms with Gasteiger partial charge in [-0.3, -0.25) is 9.48 Å². The quantitative estimate of drug-likeness (QED) is 0.139. The van der Waals surface area contributed by atoms with Crippen molar-refractivity contribution in [1.82, 2.24) is 30.4 Å². The number of hydrogen-bond acceptors (Lipinski definition) is 9. The first-order valence-corrected chi connectivity index (χ1v) is 13.2. The average molecular weight is 591 g/mol. The Morgan fingerprint density at radius 1 is 1.21 bits per heavy atom. The lowest BCUT2D eigenvalue weighted by atomic mass is 10.0. The number of piperazine rings is 1. The molecule has 0 bridgehead atoms. The van der Waals surface area contributed by atoms with Crippen LogP contribution in [0.2, 0.25) is 0 Å². The van der Waals surface area contributed by atoms with Crippen molar-refractivity contribution in [2.45, 2.75) is 38.3 Å². The third kappa shape index (κ3) is 6.31. The van der Waals surface area contributed by atoms with Crippen LogP contribution in [0, 0.1) is 5.82 Å². The Morgan fingerprint density at radius 2 is 1.95 bits per heavy atom. The van der Waals surface area contributed by atoms with E-state index in [9.17, 15) is 27.5 Å². The van der Waals surface area contributed by atoms with Gasteiger partial charge in [0.05, 0.1) is 12.1 Å². The first kappa shape index (κ1) is 29.3. The largest absolute Gasteiger partial charge is 0.471 e. The Hall–Kier alpha value is -4.24. The molecular formula is C27H30F4N8O3. The molecular weight excluding hydrogens is 560 g/mol. The highest BCUT2D eigenvalue weighted by Gasteiger charge is 2.38. The maximum atomic E-state index is 14.7. The number of aryl methyl sites for hydroxylation is 1. The van der Waals surface area contributed by atoms with Crippen LogP contribution in [0.25, 0.3) is 21.8 Å². The Bertz CT molecular complexity index is 1600. The number of nitrogens with zero attached hydrogens (tertiary/aromatic N) is 5. The zero-order valence-electron chi connectivity index (χ0n) is 23.0. The number of carbonyl (C=O) groups is 1. The molecule has 3 atom stereocenters. The smallest absolute Gasteiger partial charge is 0.462 e. The summed E-state index contributed by atoms with van der Waals surface area (Å²) in [6.45, 7) is 4.83. The van der Waals surface area contributed by atoms with Gasteiger partial charge in [0.1, 0.15) is 12.1 Å². The molecule has 1 unspecified atom stereocenters. The second-order valence-electron chi connectivity index (χ2n) is 10.3. The van der Waals surface area contributed by atoms with Crippen LogP contribution in [0.15, 0.2) is 36.7 Å². The molecule has 0 saturated carbocycles. The number of carbonyl (C=O) groups excluding carboxylic acids is 1. The number of aliphatic hydroxyl groups excluding tert-OH is 1. The number of rotatable bonds is 8. The van der Waals surface area contributed by atoms with E-state index in [-0.39, 0.29) is 30.2 Å². The monoisotopic (exact) mass is 590 g/mol. The van der Waals surface area contributed by atoms with Gasteiger partial charge in [-0.25, -0.2) is 9.37 Å². The number of aliphatic hydroxyl groups is 1. The SMILES string of the molecule is C[C@@H]1CN(c2ccc(C(O)Nc3cc(F)c4nn(C)cc4c3)c3nc(OCCNC(=O)C(F)(F)F)ncc23)C[C@@H](C)N1. The Morgan fingerprint density at radius 3 is 2.67 bits per heavy atom. The summed E-state index contributed by atoms with van der Waals surface area (Å²) in [5.41, 5.74) is 2.02. The molecule has 224 valence electrons. The highest BCUT2D eigenvalue weighted by Crippen LogP contribution is 2.34. The highest BCUT2D eigenvalue weighted by atomic mass is 19.4. The molecule has 0 spiro atoms. The molecule has 4 aromatic rings. The number of nitrogens with one attached hydrogen (secondary N) is 3. The molecule has 1 fully saturated rings. The summed E-state index contributed by atoms with van der Waals surface area (Å²) in [5.74, 6) is -2.63. The average Bonchev–Trinajstić information content (AvgIpc) is 3.29. The molecule has 1 aliphatic rings. The minimum Gasteiger partial charge on any atom is -0.462 e. The minimum absolute atomic E-state index is 0.153. The fraction of sp³-hybridized carbons (Fsp3) is 0.407. The van der Waals surface area contributed by atoms with Crippen molar-refractivity contribution in [2.24, 2.45) is 7.05 Å². The summed E-state index contributed by atoms with van der Waals surface area (Å²) in [5, 5.41) is 24.6. The lowest BCUT2D eigenvalue weighted by Gasteiger charge is -2.38. The van der Waals surface area contributed by atoms with E-state index in [2.05, 4.69) is 44.4 Å². The maximum Gasteiger partial charge on any atom is 0.471 e. The maximum absolute atomic E-state index is 14.7. The first-order valence-electron chi connectivity index (χ1n) is 13.2. The molecule has 1 amide bonds. The van der Waals surface area contributed by atoms with E-state index >= 15 is 0 Å². The molecule has 3 heterocycles. The van der Waals surface area contributed by atoms with Gasteiger partial charge < -0.3 is 30.7 Å². The third-order valence-electron chi connectivity index (χ3n) is 6.79. The predicted octanol–water partition coefficient (Wildman–Crippen LogP) is 3.00. The number of halogens is 4. The summed E-state index contributed by atoms with van der Waals surface area (Å²) in [6.07, 6.45) is -3.15. The molecule has 15 heteroatoms. The molecule has 42 heavy (non-hydrogen) atoms. The van der Waals surface area contributed by atoms with E-state index in [1.54, 1.807) is 30.7 Å². The van der Waals surface area contributed by atoms with Crippen LogP contribution in [0.5, 0.6) is 6.01 Å². The zero-order valence-corrected chi connectivity index (χ0v) is 23.0. The second-order valence-corrected chi connectivity index (χ2v) is 10.3. The van der Waals surface area contributed by atoms with Gasteiger partial charge in [-0.2, -0.15) is 23.3 Å². The summed E-state index contributed by atoms with van der Waals surface area (Å²) >= 11 is 0. The van der Waals surface area contributed by atoms with Crippen LogP contribution in [0.1, 0.15) is 25.6 Å². The van der Waals surface area contributed by atoms with E-state index < -0.39 is 30.7 Å². The highest BCUT2D eigenvalue weighted by molar-refractivity contribution is 5.94. The minimum atomic E-state index is -5.00. The molecule has 1 saturated heterocycles. The molecule has 4 N–H and O–H groups in total. The molecule has 1 aliphatic heterocycles. The van der Waals surface area contributed by atoms with Gasteiger partial charge in [-0.1, -0.05) is 6.07 Å². The number of alkyl halides is 3. The van der Waals surface area contributed by atoms with Crippen LogP contribution >= 0.6 is 0 Å². The van der Waals surface area contributed by atoms with Gasteiger partial charge in [-0.05, 0) is 32.0 Å². The van der Waals surface area contributed by atoms with Crippen LogP contribution in [0.4, 0.5) is 28.9 Å². The normalized spacial score (nSPS) is 18.3. The lowest BCUT2D eigenvalue weighted by molar-refractivity contribution is -0.173. The molecule has 5 rings (SSSR count). The van der Waals surface area contributed by atoms with Crippen molar-refractivity contribution >= 4 is 39.1 Å². The molecule has 2 aromatic heterocycles. The van der Waals surface area contributed by atoms with E-state index in [4.69, 9.17) is 4.74 Å². The number of ether oxygens (including phenoxy) is 1. The van der Waals surface area contributed by atoms with Gasteiger partial charge >= 0.3 is 18.1 Å². The second kappa shape index (κ2) is 11.6. The van der Waals surface area contributed by atoms with E-state index in [0.29, 0.717) is 40.6 Å². The van der Waals surface area contributed by atoms with Crippen molar-refractivity contribution in [1.29, 1.82) is 0 Å². The van der Waals surface area contributed by atoms with E-state index in [1.807, 2.05) is 6.07 Å². The predicted molar refractivity (Wildman–Crippen MR) is 148 cm³/mol. The number of fused-ring (bicyclic) bond motifs is 2. The first-order chi connectivity index (χ1) is 19.9. The van der Waals surface area contributed by atoms with Crippen molar-refractivity contribution < 1.29 is 32.2 Å². The number of hydrogen-bond donors (Lipinski definition) is 4. The number of benzene rings is 2. The van der Waals surface area contributed by atoms with Crippen molar-refractivity contribution in [2.75, 3.05) is 36.5 Å². The molecule has 0 aliphatic carbocycles. The third-order valence-corrected chi connectivity index (χ3v) is 6.79. The topological polar surface area (TPSA) is 129 Å². The molecule has 11 nitrogen and oxygen atoms in total. The standard InChI is InChI=1S/C27H30F4N8O3/c1-14-11-39(12-15(2)34-14)21-5-4-18(24(40)35-17-8-16-13-38(3)37-22(16)20(28)9-17)23-19(21)10-33-26(36-23)42-7-6-32-25(41)27(29,30)31/h4-5,8-10,13-15,24,34-35,40H,6-7,11-12H2,1-3H3,(H,32,41)/t14-,15-,24?/m1/s1. The summed E-state index contributed by atoms with van der Waals surface area (Å²) < 4.78 is 58.9. The van der Waals surface area contributed by atoms with Crippen molar-refractivity contribution in [3.63, 3.8) is 0 Å². The van der Waals surface area contributed by atoms with Gasteiger partial charge in [0.25, 0.3) is 0 Å². The Kier molecular flexibility index (Phi) is 8.06. The van der Waals surface area contributed by atoms with Crippen LogP contribution < -0.4 is 25.6 Å². The van der Waals surface area contributed by atoms with Gasteiger partial charge in [0.2, 0.25) is 0 Å². The van der Waals surface area contributed by atoms with Crippen molar-refractivity contribution in [3.8, 4) is 6.01 Å². The van der Waals surface area contributed by atoms with Crippen LogP contribution in [-0.4, -0.2) is 75.3 Å². The Balaban J connectivity index is 1.45. The van der Waals surface area contributed by atoms with Crippen molar-refractivity contribution in [3.05, 3.63) is 48.0 Å². The van der Waals surface area contributed by atoms with Crippen LogP contribution in [0.3, 0.4) is 0 Å². The van der Waals surface area contributed by atoms with Gasteiger partial charge in [0, 0.05) is 72.3 Å². The number of anilines is 2. The fourth-order valence-corrected chi connectivity index (χ4v) is 5.14.